The van der Waals surface area contributed by atoms with E-state index in [0.717, 1.165) is 5.69 Å². The summed E-state index contributed by atoms with van der Waals surface area (Å²) in [6, 6.07) is 7.75. The second kappa shape index (κ2) is 8.65. The van der Waals surface area contributed by atoms with Crippen molar-refractivity contribution in [2.24, 2.45) is 5.73 Å². The molecule has 0 radical (unpaired) electrons. The van der Waals surface area contributed by atoms with E-state index in [0.29, 0.717) is 5.69 Å². The first-order valence-corrected chi connectivity index (χ1v) is 8.49. The first-order chi connectivity index (χ1) is 13.1. The van der Waals surface area contributed by atoms with E-state index in [9.17, 15) is 14.3 Å². The number of anilines is 2. The molecule has 1 aromatic carbocycles. The number of rotatable bonds is 8. The number of halogens is 1. The number of nitrogens with two attached hydrogens (primary N) is 1. The Kier molecular flexibility index (Phi) is 6.05. The molecule has 1 amide bonds. The minimum Gasteiger partial charge on any atom is -0.488 e. The Balaban J connectivity index is 1.53. The lowest BCUT2D eigenvalue weighted by Gasteiger charge is -2.16. The van der Waals surface area contributed by atoms with Gasteiger partial charge in [-0.2, -0.15) is 0 Å². The van der Waals surface area contributed by atoms with Crippen LogP contribution in [0.3, 0.4) is 0 Å². The van der Waals surface area contributed by atoms with Gasteiger partial charge >= 0.3 is 6.09 Å². The van der Waals surface area contributed by atoms with E-state index in [1.54, 1.807) is 24.5 Å². The summed E-state index contributed by atoms with van der Waals surface area (Å²) in [5, 5.41) is 13.0. The fraction of sp³-hybridized carbons (Fsp3) is 0.333. The Morgan fingerprint density at radius 3 is 3.00 bits per heavy atom. The number of ether oxygens (including phenoxy) is 2. The highest BCUT2D eigenvalue weighted by molar-refractivity contribution is 5.89. The second-order valence-electron chi connectivity index (χ2n) is 6.05. The summed E-state index contributed by atoms with van der Waals surface area (Å²) in [5.41, 5.74) is 6.61. The Hall–Kier alpha value is -2.91. The predicted octanol–water partition coefficient (Wildman–Crippen LogP) is 1.36. The molecule has 0 saturated carbocycles. The fourth-order valence-corrected chi connectivity index (χ4v) is 2.58. The third kappa shape index (κ3) is 4.83. The van der Waals surface area contributed by atoms with Gasteiger partial charge in [0, 0.05) is 31.5 Å². The van der Waals surface area contributed by atoms with E-state index in [1.165, 1.54) is 17.0 Å². The first kappa shape index (κ1) is 18.9. The lowest BCUT2D eigenvalue weighted by atomic mass is 10.2. The van der Waals surface area contributed by atoms with Crippen LogP contribution in [0.25, 0.3) is 0 Å². The van der Waals surface area contributed by atoms with Crippen LogP contribution in [0.5, 0.6) is 5.75 Å². The van der Waals surface area contributed by atoms with E-state index in [2.05, 4.69) is 10.3 Å². The molecule has 2 aromatic rings. The maximum Gasteiger partial charge on any atom is 0.414 e. The monoisotopic (exact) mass is 376 g/mol. The quantitative estimate of drug-likeness (QED) is 0.638. The number of nitrogens with one attached hydrogen (secondary N) is 1. The van der Waals surface area contributed by atoms with Crippen LogP contribution >= 0.6 is 0 Å². The molecule has 9 heteroatoms. The SMILES string of the molecule is NC[C@H]1CN(c2ccc(OCC(O)CNc3cccnc3)c(F)c2)C(=O)O1. The zero-order valence-corrected chi connectivity index (χ0v) is 14.5. The minimum absolute atomic E-state index is 0.0119. The van der Waals surface area contributed by atoms with Crippen LogP contribution in [0.1, 0.15) is 0 Å². The molecule has 1 aliphatic rings. The average Bonchev–Trinajstić information content (AvgIpc) is 3.07. The standard InChI is InChI=1S/C18H21FN4O4/c19-16-6-13(23-10-15(7-20)27-18(23)25)3-4-17(16)26-11-14(24)9-22-12-2-1-5-21-8-12/h1-6,8,14-15,22,24H,7,9-11,20H2/t14?,15-/m0/s1. The topological polar surface area (TPSA) is 110 Å². The van der Waals surface area contributed by atoms with Crippen LogP contribution in [0, 0.1) is 5.82 Å². The number of cyclic esters (lactones) is 1. The zero-order chi connectivity index (χ0) is 19.2. The minimum atomic E-state index is -0.844. The largest absolute Gasteiger partial charge is 0.488 e. The van der Waals surface area contributed by atoms with Crippen LogP contribution in [0.15, 0.2) is 42.7 Å². The lowest BCUT2D eigenvalue weighted by Crippen LogP contribution is -2.27. The number of carbonyl (C=O) groups excluding carboxylic acids is 1. The van der Waals surface area contributed by atoms with Gasteiger partial charge in [-0.1, -0.05) is 0 Å². The Labute approximate surface area is 155 Å². The summed E-state index contributed by atoms with van der Waals surface area (Å²) >= 11 is 0. The molecule has 1 saturated heterocycles. The smallest absolute Gasteiger partial charge is 0.414 e. The number of hydrogen-bond acceptors (Lipinski definition) is 7. The van der Waals surface area contributed by atoms with Gasteiger partial charge in [0.1, 0.15) is 18.8 Å². The van der Waals surface area contributed by atoms with Crippen molar-refractivity contribution in [1.82, 2.24) is 4.98 Å². The Morgan fingerprint density at radius 2 is 2.33 bits per heavy atom. The number of aliphatic hydroxyl groups excluding tert-OH is 1. The molecule has 27 heavy (non-hydrogen) atoms. The van der Waals surface area contributed by atoms with Crippen LogP contribution in [-0.4, -0.2) is 54.6 Å². The zero-order valence-electron chi connectivity index (χ0n) is 14.5. The van der Waals surface area contributed by atoms with Crippen molar-refractivity contribution in [1.29, 1.82) is 0 Å². The van der Waals surface area contributed by atoms with Crippen molar-refractivity contribution in [2.45, 2.75) is 12.2 Å². The van der Waals surface area contributed by atoms with Gasteiger partial charge in [-0.25, -0.2) is 9.18 Å². The highest BCUT2D eigenvalue weighted by Crippen LogP contribution is 2.27. The number of benzene rings is 1. The number of amides is 1. The van der Waals surface area contributed by atoms with E-state index >= 15 is 0 Å². The summed E-state index contributed by atoms with van der Waals surface area (Å²) in [6.45, 7) is 0.612. The molecule has 4 N–H and O–H groups in total. The highest BCUT2D eigenvalue weighted by Gasteiger charge is 2.31. The molecule has 2 heterocycles. The molecular formula is C18H21FN4O4. The molecule has 0 bridgehead atoms. The summed E-state index contributed by atoms with van der Waals surface area (Å²) in [6.07, 6.45) is 1.47. The molecule has 0 spiro atoms. The van der Waals surface area contributed by atoms with Gasteiger partial charge in [-0.05, 0) is 24.3 Å². The van der Waals surface area contributed by atoms with Crippen LogP contribution < -0.4 is 20.7 Å². The van der Waals surface area contributed by atoms with Crippen molar-refractivity contribution in [3.63, 3.8) is 0 Å². The number of carbonyl (C=O) groups is 1. The normalized spacial score (nSPS) is 17.5. The van der Waals surface area contributed by atoms with Gasteiger partial charge in [0.2, 0.25) is 0 Å². The molecular weight excluding hydrogens is 355 g/mol. The fourth-order valence-electron chi connectivity index (χ4n) is 2.58. The van der Waals surface area contributed by atoms with Crippen molar-refractivity contribution in [3.05, 3.63) is 48.5 Å². The van der Waals surface area contributed by atoms with Gasteiger partial charge in [0.15, 0.2) is 11.6 Å². The van der Waals surface area contributed by atoms with Gasteiger partial charge in [0.25, 0.3) is 0 Å². The van der Waals surface area contributed by atoms with Crippen molar-refractivity contribution in [3.8, 4) is 5.75 Å². The summed E-state index contributed by atoms with van der Waals surface area (Å²) in [7, 11) is 0. The molecule has 144 valence electrons. The maximum absolute atomic E-state index is 14.3. The van der Waals surface area contributed by atoms with Gasteiger partial charge in [-0.3, -0.25) is 9.88 Å². The summed E-state index contributed by atoms with van der Waals surface area (Å²) < 4.78 is 24.7. The third-order valence-corrected chi connectivity index (χ3v) is 4.00. The van der Waals surface area contributed by atoms with Crippen LogP contribution in [-0.2, 0) is 4.74 Å². The third-order valence-electron chi connectivity index (χ3n) is 4.00. The van der Waals surface area contributed by atoms with Crippen molar-refractivity contribution >= 4 is 17.5 Å². The summed E-state index contributed by atoms with van der Waals surface area (Å²) in [4.78, 5) is 17.1. The first-order valence-electron chi connectivity index (χ1n) is 8.49. The number of hydrogen-bond donors (Lipinski definition) is 3. The summed E-state index contributed by atoms with van der Waals surface area (Å²) in [5.74, 6) is -0.647. The molecule has 2 atom stereocenters. The molecule has 1 aliphatic heterocycles. The Morgan fingerprint density at radius 1 is 1.48 bits per heavy atom. The second-order valence-corrected chi connectivity index (χ2v) is 6.05. The number of aliphatic hydroxyl groups is 1. The van der Waals surface area contributed by atoms with Crippen molar-refractivity contribution in [2.75, 3.05) is 36.5 Å². The van der Waals surface area contributed by atoms with Gasteiger partial charge in [-0.15, -0.1) is 0 Å². The lowest BCUT2D eigenvalue weighted by molar-refractivity contribution is 0.115. The molecule has 1 fully saturated rings. The van der Waals surface area contributed by atoms with Crippen LogP contribution in [0.4, 0.5) is 20.6 Å². The van der Waals surface area contributed by atoms with E-state index in [4.69, 9.17) is 15.2 Å². The molecule has 3 rings (SSSR count). The average molecular weight is 376 g/mol. The van der Waals surface area contributed by atoms with Crippen LogP contribution in [0.2, 0.25) is 0 Å². The maximum atomic E-state index is 14.3. The number of pyridine rings is 1. The van der Waals surface area contributed by atoms with E-state index in [-0.39, 0.29) is 32.0 Å². The van der Waals surface area contributed by atoms with E-state index < -0.39 is 24.1 Å². The van der Waals surface area contributed by atoms with Gasteiger partial charge in [0.05, 0.1) is 17.9 Å². The van der Waals surface area contributed by atoms with Gasteiger partial charge < -0.3 is 25.6 Å². The molecule has 1 aromatic heterocycles. The molecule has 8 nitrogen and oxygen atoms in total. The molecule has 1 unspecified atom stereocenters. The molecule has 0 aliphatic carbocycles. The Bertz CT molecular complexity index is 777. The van der Waals surface area contributed by atoms with E-state index in [1.807, 2.05) is 6.07 Å². The predicted molar refractivity (Wildman–Crippen MR) is 97.3 cm³/mol. The number of aromatic nitrogens is 1. The highest BCUT2D eigenvalue weighted by atomic mass is 19.1. The van der Waals surface area contributed by atoms with Crippen molar-refractivity contribution < 1.29 is 23.8 Å². The number of nitrogens with zero attached hydrogens (tertiary/aromatic N) is 2.